The molecule has 0 saturated carbocycles. The average Bonchev–Trinajstić information content (AvgIpc) is 2.93. The van der Waals surface area contributed by atoms with E-state index in [0.717, 1.165) is 4.68 Å². The number of nitrogen functional groups attached to an aromatic ring is 1. The number of aliphatic hydroxyl groups is 2. The van der Waals surface area contributed by atoms with Gasteiger partial charge in [0.2, 0.25) is 5.95 Å². The number of ether oxygens (including phenoxy) is 1. The number of H-pyrrole nitrogens is 1. The van der Waals surface area contributed by atoms with Crippen LogP contribution < -0.4 is 11.3 Å². The molecule has 10 nitrogen and oxygen atoms in total. The van der Waals surface area contributed by atoms with Gasteiger partial charge in [0.15, 0.2) is 23.6 Å². The molecule has 0 amide bonds. The van der Waals surface area contributed by atoms with Crippen LogP contribution in [0.5, 0.6) is 0 Å². The minimum absolute atomic E-state index is 0.0407. The number of alkyl halides is 1. The molecule has 0 bridgehead atoms. The Morgan fingerprint density at radius 2 is 2.30 bits per heavy atom. The number of halogens is 1. The Morgan fingerprint density at radius 1 is 1.55 bits per heavy atom. The van der Waals surface area contributed by atoms with Crippen molar-refractivity contribution < 1.29 is 19.3 Å². The molecule has 11 heteroatoms. The monoisotopic (exact) mass is 286 g/mol. The third-order valence-electron chi connectivity index (χ3n) is 3.06. The molecule has 0 spiro atoms. The number of aromatic amines is 1. The number of hydrogen-bond donors (Lipinski definition) is 4. The fraction of sp³-hybridized carbons (Fsp3) is 0.556. The van der Waals surface area contributed by atoms with E-state index in [9.17, 15) is 14.3 Å². The minimum atomic E-state index is -1.79. The highest BCUT2D eigenvalue weighted by atomic mass is 19.1. The van der Waals surface area contributed by atoms with Gasteiger partial charge in [-0.1, -0.05) is 5.21 Å². The van der Waals surface area contributed by atoms with Crippen LogP contribution in [-0.2, 0) is 4.74 Å². The lowest BCUT2D eigenvalue weighted by Gasteiger charge is -2.14. The van der Waals surface area contributed by atoms with Crippen LogP contribution in [0, 0.1) is 0 Å². The first-order valence-electron chi connectivity index (χ1n) is 5.72. The lowest BCUT2D eigenvalue weighted by Crippen LogP contribution is -2.29. The number of nitrogens with one attached hydrogen (secondary N) is 1. The molecule has 1 saturated heterocycles. The fourth-order valence-electron chi connectivity index (χ4n) is 2.09. The molecule has 0 aromatic carbocycles. The van der Waals surface area contributed by atoms with E-state index in [4.69, 9.17) is 15.6 Å². The normalized spacial score (nSPS) is 30.1. The number of aliphatic hydroxyl groups excluding tert-OH is 2. The van der Waals surface area contributed by atoms with Crippen LogP contribution in [0.3, 0.4) is 0 Å². The van der Waals surface area contributed by atoms with E-state index in [1.165, 1.54) is 0 Å². The van der Waals surface area contributed by atoms with Gasteiger partial charge in [0.05, 0.1) is 6.61 Å². The number of anilines is 1. The van der Waals surface area contributed by atoms with E-state index in [0.29, 0.717) is 0 Å². The van der Waals surface area contributed by atoms with Gasteiger partial charge in [-0.15, -0.1) is 5.10 Å². The number of aromatic nitrogens is 5. The van der Waals surface area contributed by atoms with E-state index in [-0.39, 0.29) is 17.1 Å². The topological polar surface area (TPSA) is 152 Å². The van der Waals surface area contributed by atoms with Gasteiger partial charge in [0, 0.05) is 0 Å². The molecule has 0 unspecified atom stereocenters. The summed E-state index contributed by atoms with van der Waals surface area (Å²) in [6, 6.07) is 0. The van der Waals surface area contributed by atoms with Crippen molar-refractivity contribution >= 4 is 17.1 Å². The van der Waals surface area contributed by atoms with Crippen LogP contribution in [0.2, 0.25) is 0 Å². The molecule has 4 atom stereocenters. The van der Waals surface area contributed by atoms with E-state index in [2.05, 4.69) is 20.3 Å². The molecule has 1 aliphatic heterocycles. The van der Waals surface area contributed by atoms with Gasteiger partial charge >= 0.3 is 0 Å². The minimum Gasteiger partial charge on any atom is -0.394 e. The van der Waals surface area contributed by atoms with Crippen LogP contribution in [0.25, 0.3) is 11.2 Å². The molecule has 2 aromatic heterocycles. The molecule has 0 radical (unpaired) electrons. The summed E-state index contributed by atoms with van der Waals surface area (Å²) >= 11 is 0. The third-order valence-corrected chi connectivity index (χ3v) is 3.06. The highest BCUT2D eigenvalue weighted by molar-refractivity contribution is 5.69. The Morgan fingerprint density at radius 3 is 2.95 bits per heavy atom. The van der Waals surface area contributed by atoms with Gasteiger partial charge in [0.25, 0.3) is 5.56 Å². The summed E-state index contributed by atoms with van der Waals surface area (Å²) in [5, 5.41) is 26.0. The lowest BCUT2D eigenvalue weighted by molar-refractivity contribution is -0.0563. The summed E-state index contributed by atoms with van der Waals surface area (Å²) in [6.07, 6.45) is -5.79. The first-order valence-corrected chi connectivity index (χ1v) is 5.72. The van der Waals surface area contributed by atoms with Crippen LogP contribution >= 0.6 is 0 Å². The Balaban J connectivity index is 2.09. The summed E-state index contributed by atoms with van der Waals surface area (Å²) < 4.78 is 19.8. The van der Waals surface area contributed by atoms with Crippen molar-refractivity contribution in [2.75, 3.05) is 12.3 Å². The van der Waals surface area contributed by atoms with Crippen molar-refractivity contribution in [3.63, 3.8) is 0 Å². The van der Waals surface area contributed by atoms with E-state index >= 15 is 0 Å². The largest absolute Gasteiger partial charge is 0.394 e. The zero-order valence-corrected chi connectivity index (χ0v) is 9.97. The molecule has 2 aromatic rings. The average molecular weight is 286 g/mol. The predicted molar refractivity (Wildman–Crippen MR) is 62.3 cm³/mol. The van der Waals surface area contributed by atoms with Crippen molar-refractivity contribution in [3.8, 4) is 0 Å². The molecule has 3 heterocycles. The molecular formula is C9H11FN6O4. The number of hydrogen-bond acceptors (Lipinski definition) is 8. The summed E-state index contributed by atoms with van der Waals surface area (Å²) in [4.78, 5) is 17.7. The quantitative estimate of drug-likeness (QED) is 0.480. The van der Waals surface area contributed by atoms with Gasteiger partial charge in [0.1, 0.15) is 12.2 Å². The number of nitrogens with zero attached hydrogens (tertiary/aromatic N) is 4. The number of fused-ring (bicyclic) bond motifs is 1. The molecular weight excluding hydrogens is 275 g/mol. The second-order valence-electron chi connectivity index (χ2n) is 4.34. The van der Waals surface area contributed by atoms with E-state index < -0.39 is 36.8 Å². The van der Waals surface area contributed by atoms with Crippen molar-refractivity contribution in [2.45, 2.75) is 24.6 Å². The van der Waals surface area contributed by atoms with Gasteiger partial charge in [-0.3, -0.25) is 9.78 Å². The van der Waals surface area contributed by atoms with Crippen LogP contribution in [0.15, 0.2) is 4.79 Å². The number of rotatable bonds is 2. The van der Waals surface area contributed by atoms with Gasteiger partial charge in [-0.25, -0.2) is 4.39 Å². The van der Waals surface area contributed by atoms with E-state index in [1.807, 2.05) is 0 Å². The highest BCUT2D eigenvalue weighted by Gasteiger charge is 2.46. The molecule has 0 aliphatic carbocycles. The zero-order chi connectivity index (χ0) is 14.4. The first kappa shape index (κ1) is 12.9. The van der Waals surface area contributed by atoms with Crippen molar-refractivity contribution in [2.24, 2.45) is 0 Å². The van der Waals surface area contributed by atoms with Crippen molar-refractivity contribution in [1.29, 1.82) is 0 Å². The molecule has 1 aliphatic rings. The molecule has 108 valence electrons. The van der Waals surface area contributed by atoms with Gasteiger partial charge < -0.3 is 20.7 Å². The maximum absolute atomic E-state index is 13.7. The van der Waals surface area contributed by atoms with Crippen LogP contribution in [0.1, 0.15) is 6.23 Å². The summed E-state index contributed by atoms with van der Waals surface area (Å²) in [5.41, 5.74) is 4.65. The Hall–Kier alpha value is -2.11. The molecule has 20 heavy (non-hydrogen) atoms. The Kier molecular flexibility index (Phi) is 2.88. The summed E-state index contributed by atoms with van der Waals surface area (Å²) in [6.45, 7) is -0.600. The number of nitrogens with two attached hydrogens (primary N) is 1. The second-order valence-corrected chi connectivity index (χ2v) is 4.34. The molecule has 3 rings (SSSR count). The highest BCUT2D eigenvalue weighted by Crippen LogP contribution is 2.31. The van der Waals surface area contributed by atoms with Crippen LogP contribution in [-0.4, -0.2) is 60.2 Å². The summed E-state index contributed by atoms with van der Waals surface area (Å²) in [7, 11) is 0. The smallest absolute Gasteiger partial charge is 0.282 e. The maximum Gasteiger partial charge on any atom is 0.282 e. The fourth-order valence-corrected chi connectivity index (χ4v) is 2.09. The summed E-state index contributed by atoms with van der Waals surface area (Å²) in [5.74, 6) is -0.172. The standard InChI is InChI=1S/C9H11FN6O4/c10-3-2(1-17)20-8(5(3)18)16-6-4(14-15-16)7(19)13-9(11)12-6/h2-3,5,8,17-18H,1H2,(H3,11,12,13,19)/t2-,3-,5-,8-/m1/s1. The van der Waals surface area contributed by atoms with Crippen molar-refractivity contribution in [3.05, 3.63) is 10.4 Å². The van der Waals surface area contributed by atoms with Crippen LogP contribution in [0.4, 0.5) is 10.3 Å². The third kappa shape index (κ3) is 1.75. The SMILES string of the molecule is Nc1nc2c(nnn2[C@@H]2O[C@H](CO)[C@@H](F)[C@H]2O)c(=O)[nH]1. The Labute approximate surface area is 110 Å². The molecule has 1 fully saturated rings. The van der Waals surface area contributed by atoms with E-state index in [1.54, 1.807) is 0 Å². The van der Waals surface area contributed by atoms with Gasteiger partial charge in [-0.05, 0) is 0 Å². The predicted octanol–water partition coefficient (Wildman–Crippen LogP) is -2.31. The molecule has 5 N–H and O–H groups in total. The Bertz CT molecular complexity index is 701. The second kappa shape index (κ2) is 4.47. The van der Waals surface area contributed by atoms with Crippen molar-refractivity contribution in [1.82, 2.24) is 25.0 Å². The first-order chi connectivity index (χ1) is 9.52. The zero-order valence-electron chi connectivity index (χ0n) is 9.97. The van der Waals surface area contributed by atoms with Gasteiger partial charge in [-0.2, -0.15) is 9.67 Å². The maximum atomic E-state index is 13.7. The lowest BCUT2D eigenvalue weighted by atomic mass is 10.1.